The van der Waals surface area contributed by atoms with Gasteiger partial charge < -0.3 is 23.4 Å². The van der Waals surface area contributed by atoms with E-state index in [2.05, 4.69) is 4.98 Å². The molecule has 0 aliphatic rings. The summed E-state index contributed by atoms with van der Waals surface area (Å²) in [5.41, 5.74) is 1.95. The van der Waals surface area contributed by atoms with E-state index in [0.29, 0.717) is 40.7 Å². The molecule has 0 saturated heterocycles. The molecule has 2 heterocycles. The van der Waals surface area contributed by atoms with Gasteiger partial charge in [0.1, 0.15) is 12.0 Å². The maximum absolute atomic E-state index is 11.8. The number of hydrogen-bond donors (Lipinski definition) is 1. The van der Waals surface area contributed by atoms with Gasteiger partial charge in [-0.2, -0.15) is 0 Å². The summed E-state index contributed by atoms with van der Waals surface area (Å²) in [5, 5.41) is 9.68. The van der Waals surface area contributed by atoms with Gasteiger partial charge in [-0.1, -0.05) is 13.0 Å². The normalized spacial score (nSPS) is 12.0. The summed E-state index contributed by atoms with van der Waals surface area (Å²) >= 11 is 0. The lowest BCUT2D eigenvalue weighted by Crippen LogP contribution is -2.13. The van der Waals surface area contributed by atoms with Crippen molar-refractivity contribution in [1.82, 2.24) is 4.98 Å². The van der Waals surface area contributed by atoms with E-state index in [9.17, 15) is 9.90 Å². The zero-order valence-electron chi connectivity index (χ0n) is 15.4. The van der Waals surface area contributed by atoms with Crippen molar-refractivity contribution in [2.45, 2.75) is 32.8 Å². The molecule has 0 saturated carbocycles. The number of nitrogens with zero attached hydrogens (tertiary/aromatic N) is 1. The first kappa shape index (κ1) is 18.6. The van der Waals surface area contributed by atoms with Crippen LogP contribution in [0.2, 0.25) is 0 Å². The van der Waals surface area contributed by atoms with Crippen LogP contribution in [-0.2, 0) is 11.4 Å². The third kappa shape index (κ3) is 3.67. The summed E-state index contributed by atoms with van der Waals surface area (Å²) in [6, 6.07) is 5.32. The number of carboxylic acid groups (broad SMARTS) is 1. The molecule has 0 bridgehead atoms. The molecule has 0 radical (unpaired) electrons. The number of methoxy groups -OCH3 is 1. The molecule has 0 spiro atoms. The standard InChI is InChI=1S/C20H21NO6/c1-4-13(20(22)23)14-10-12(2)18(27-11-16-21-7-9-26-16)19(24-3)17(14)15-6-5-8-25-15/h5-10,13H,4,11H2,1-3H3,(H,22,23). The summed E-state index contributed by atoms with van der Waals surface area (Å²) < 4.78 is 22.3. The van der Waals surface area contributed by atoms with E-state index in [1.807, 2.05) is 19.9 Å². The van der Waals surface area contributed by atoms with Crippen LogP contribution in [0, 0.1) is 6.92 Å². The van der Waals surface area contributed by atoms with Gasteiger partial charge in [0.25, 0.3) is 0 Å². The Bertz CT molecular complexity index is 899. The van der Waals surface area contributed by atoms with Crippen molar-refractivity contribution in [3.05, 3.63) is 53.9 Å². The maximum atomic E-state index is 11.8. The van der Waals surface area contributed by atoms with Crippen molar-refractivity contribution in [3.63, 3.8) is 0 Å². The lowest BCUT2D eigenvalue weighted by Gasteiger charge is -2.21. The molecule has 0 amide bonds. The Morgan fingerprint density at radius 1 is 1.30 bits per heavy atom. The highest BCUT2D eigenvalue weighted by Crippen LogP contribution is 2.46. The first-order valence-electron chi connectivity index (χ1n) is 8.56. The van der Waals surface area contributed by atoms with Crippen LogP contribution in [0.15, 0.2) is 45.8 Å². The highest BCUT2D eigenvalue weighted by Gasteiger charge is 2.29. The molecule has 1 N–H and O–H groups in total. The van der Waals surface area contributed by atoms with E-state index in [0.717, 1.165) is 5.56 Å². The van der Waals surface area contributed by atoms with Crippen LogP contribution in [0.1, 0.15) is 36.3 Å². The second-order valence-corrected chi connectivity index (χ2v) is 6.01. The van der Waals surface area contributed by atoms with E-state index in [1.165, 1.54) is 19.6 Å². The van der Waals surface area contributed by atoms with Gasteiger partial charge in [0.15, 0.2) is 18.1 Å². The largest absolute Gasteiger partial charge is 0.492 e. The number of rotatable bonds is 8. The van der Waals surface area contributed by atoms with Gasteiger partial charge in [-0.05, 0) is 36.6 Å². The fourth-order valence-electron chi connectivity index (χ4n) is 3.10. The van der Waals surface area contributed by atoms with E-state index >= 15 is 0 Å². The molecule has 3 aromatic rings. The Hall–Kier alpha value is -3.22. The second kappa shape index (κ2) is 7.99. The summed E-state index contributed by atoms with van der Waals surface area (Å²) in [4.78, 5) is 15.8. The molecule has 1 aromatic carbocycles. The SMILES string of the molecule is CCC(C(=O)O)c1cc(C)c(OCc2ncco2)c(OC)c1-c1ccco1. The smallest absolute Gasteiger partial charge is 0.310 e. The van der Waals surface area contributed by atoms with E-state index in [-0.39, 0.29) is 6.61 Å². The van der Waals surface area contributed by atoms with Crippen LogP contribution in [0.3, 0.4) is 0 Å². The summed E-state index contributed by atoms with van der Waals surface area (Å²) in [6.07, 6.45) is 4.98. The molecule has 1 unspecified atom stereocenters. The van der Waals surface area contributed by atoms with Crippen LogP contribution < -0.4 is 9.47 Å². The molecule has 27 heavy (non-hydrogen) atoms. The number of benzene rings is 1. The number of furan rings is 1. The summed E-state index contributed by atoms with van der Waals surface area (Å²) in [7, 11) is 1.52. The molecule has 2 aromatic heterocycles. The molecule has 3 rings (SSSR count). The third-order valence-corrected chi connectivity index (χ3v) is 4.33. The number of aryl methyl sites for hydroxylation is 1. The Morgan fingerprint density at radius 2 is 2.11 bits per heavy atom. The van der Waals surface area contributed by atoms with Gasteiger partial charge in [0, 0.05) is 0 Å². The predicted octanol–water partition coefficient (Wildman–Crippen LogP) is 4.41. The van der Waals surface area contributed by atoms with Crippen molar-refractivity contribution in [3.8, 4) is 22.8 Å². The zero-order valence-corrected chi connectivity index (χ0v) is 15.4. The van der Waals surface area contributed by atoms with Crippen molar-refractivity contribution >= 4 is 5.97 Å². The molecule has 0 aliphatic carbocycles. The van der Waals surface area contributed by atoms with Crippen LogP contribution >= 0.6 is 0 Å². The number of aliphatic carboxylic acids is 1. The van der Waals surface area contributed by atoms with Gasteiger partial charge in [-0.15, -0.1) is 0 Å². The van der Waals surface area contributed by atoms with Gasteiger partial charge in [0.2, 0.25) is 5.89 Å². The zero-order chi connectivity index (χ0) is 19.4. The van der Waals surface area contributed by atoms with Gasteiger partial charge >= 0.3 is 5.97 Å². The van der Waals surface area contributed by atoms with E-state index in [4.69, 9.17) is 18.3 Å². The molecule has 7 heteroatoms. The fourth-order valence-corrected chi connectivity index (χ4v) is 3.10. The second-order valence-electron chi connectivity index (χ2n) is 6.01. The number of aromatic nitrogens is 1. The Morgan fingerprint density at radius 3 is 2.67 bits per heavy atom. The molecule has 142 valence electrons. The minimum atomic E-state index is -0.903. The van der Waals surface area contributed by atoms with Crippen LogP contribution in [0.4, 0.5) is 0 Å². The van der Waals surface area contributed by atoms with E-state index < -0.39 is 11.9 Å². The first-order chi connectivity index (χ1) is 13.1. The average Bonchev–Trinajstić information content (AvgIpc) is 3.34. The lowest BCUT2D eigenvalue weighted by atomic mass is 9.88. The minimum Gasteiger partial charge on any atom is -0.492 e. The van der Waals surface area contributed by atoms with Crippen LogP contribution in [0.25, 0.3) is 11.3 Å². The number of oxazole rings is 1. The highest BCUT2D eigenvalue weighted by atomic mass is 16.5. The Kier molecular flexibility index (Phi) is 5.49. The number of carboxylic acids is 1. The molecule has 0 aliphatic heterocycles. The topological polar surface area (TPSA) is 94.9 Å². The highest BCUT2D eigenvalue weighted by molar-refractivity contribution is 5.84. The Balaban J connectivity index is 2.15. The van der Waals surface area contributed by atoms with E-state index in [1.54, 1.807) is 18.3 Å². The summed E-state index contributed by atoms with van der Waals surface area (Å²) in [6.45, 7) is 3.80. The first-order valence-corrected chi connectivity index (χ1v) is 8.56. The van der Waals surface area contributed by atoms with Gasteiger partial charge in [0.05, 0.1) is 31.1 Å². The molecule has 1 atom stereocenters. The summed E-state index contributed by atoms with van der Waals surface area (Å²) in [5.74, 6) is 0.260. The average molecular weight is 371 g/mol. The number of ether oxygens (including phenoxy) is 2. The van der Waals surface area contributed by atoms with Crippen LogP contribution in [-0.4, -0.2) is 23.2 Å². The van der Waals surface area contributed by atoms with Crippen LogP contribution in [0.5, 0.6) is 11.5 Å². The predicted molar refractivity (Wildman–Crippen MR) is 96.9 cm³/mol. The maximum Gasteiger partial charge on any atom is 0.310 e. The molecular formula is C20H21NO6. The fraction of sp³-hybridized carbons (Fsp3) is 0.300. The molecule has 0 fully saturated rings. The monoisotopic (exact) mass is 371 g/mol. The van der Waals surface area contributed by atoms with Crippen molar-refractivity contribution < 1.29 is 28.2 Å². The van der Waals surface area contributed by atoms with Gasteiger partial charge in [-0.25, -0.2) is 4.98 Å². The van der Waals surface area contributed by atoms with Crippen molar-refractivity contribution in [2.24, 2.45) is 0 Å². The Labute approximate surface area is 156 Å². The van der Waals surface area contributed by atoms with Crippen molar-refractivity contribution in [2.75, 3.05) is 7.11 Å². The number of carbonyl (C=O) groups is 1. The minimum absolute atomic E-state index is 0.122. The molecule has 7 nitrogen and oxygen atoms in total. The van der Waals surface area contributed by atoms with Gasteiger partial charge in [-0.3, -0.25) is 4.79 Å². The van der Waals surface area contributed by atoms with Crippen molar-refractivity contribution in [1.29, 1.82) is 0 Å². The third-order valence-electron chi connectivity index (χ3n) is 4.33. The lowest BCUT2D eigenvalue weighted by molar-refractivity contribution is -0.138. The molecular weight excluding hydrogens is 350 g/mol. The quantitative estimate of drug-likeness (QED) is 0.626. The number of hydrogen-bond acceptors (Lipinski definition) is 6.